The molecule has 0 radical (unpaired) electrons. The van der Waals surface area contributed by atoms with Crippen molar-refractivity contribution >= 4 is 0 Å². The van der Waals surface area contributed by atoms with Gasteiger partial charge in [0.1, 0.15) is 0 Å². The van der Waals surface area contributed by atoms with Crippen LogP contribution in [-0.2, 0) is 0 Å². The molecule has 0 spiro atoms. The molecule has 0 saturated carbocycles. The SMILES string of the molecule is CC1CC=CN(C(C)C)C1. The second kappa shape index (κ2) is 3.09. The first-order valence-corrected chi connectivity index (χ1v) is 4.12. The summed E-state index contributed by atoms with van der Waals surface area (Å²) in [4.78, 5) is 2.40. The lowest BCUT2D eigenvalue weighted by atomic mass is 10.0. The molecule has 1 heteroatoms. The van der Waals surface area contributed by atoms with Crippen LogP contribution in [0.25, 0.3) is 0 Å². The molecule has 1 rings (SSSR count). The van der Waals surface area contributed by atoms with E-state index >= 15 is 0 Å². The molecule has 0 aromatic heterocycles. The van der Waals surface area contributed by atoms with Crippen LogP contribution < -0.4 is 0 Å². The van der Waals surface area contributed by atoms with Crippen molar-refractivity contribution in [3.05, 3.63) is 12.3 Å². The van der Waals surface area contributed by atoms with Crippen LogP contribution >= 0.6 is 0 Å². The van der Waals surface area contributed by atoms with E-state index in [0.29, 0.717) is 6.04 Å². The lowest BCUT2D eigenvalue weighted by Crippen LogP contribution is -2.31. The molecule has 1 nitrogen and oxygen atoms in total. The first-order chi connectivity index (χ1) is 4.70. The van der Waals surface area contributed by atoms with E-state index in [0.717, 1.165) is 5.92 Å². The third kappa shape index (κ3) is 1.76. The van der Waals surface area contributed by atoms with Gasteiger partial charge in [0.05, 0.1) is 0 Å². The van der Waals surface area contributed by atoms with Crippen molar-refractivity contribution in [3.63, 3.8) is 0 Å². The minimum Gasteiger partial charge on any atom is -0.375 e. The molecule has 0 bridgehead atoms. The summed E-state index contributed by atoms with van der Waals surface area (Å²) in [5, 5.41) is 0. The molecule has 10 heavy (non-hydrogen) atoms. The van der Waals surface area contributed by atoms with Crippen molar-refractivity contribution in [2.45, 2.75) is 33.2 Å². The Balaban J connectivity index is 2.47. The highest BCUT2D eigenvalue weighted by molar-refractivity contribution is 4.91. The van der Waals surface area contributed by atoms with E-state index < -0.39 is 0 Å². The predicted octanol–water partition coefficient (Wildman–Crippen LogP) is 2.25. The molecule has 0 aromatic rings. The fraction of sp³-hybridized carbons (Fsp3) is 0.778. The second-order valence-electron chi connectivity index (χ2n) is 3.52. The molecular weight excluding hydrogens is 122 g/mol. The zero-order valence-electron chi connectivity index (χ0n) is 7.17. The molecule has 0 N–H and O–H groups in total. The minimum atomic E-state index is 0.666. The van der Waals surface area contributed by atoms with Crippen molar-refractivity contribution in [2.24, 2.45) is 5.92 Å². The number of nitrogens with zero attached hydrogens (tertiary/aromatic N) is 1. The average molecular weight is 139 g/mol. The third-order valence-corrected chi connectivity index (χ3v) is 2.02. The van der Waals surface area contributed by atoms with Crippen molar-refractivity contribution in [1.82, 2.24) is 4.90 Å². The van der Waals surface area contributed by atoms with E-state index in [9.17, 15) is 0 Å². The molecular formula is C9H17N. The van der Waals surface area contributed by atoms with E-state index in [1.807, 2.05) is 0 Å². The summed E-state index contributed by atoms with van der Waals surface area (Å²) >= 11 is 0. The number of hydrogen-bond acceptors (Lipinski definition) is 1. The zero-order valence-corrected chi connectivity index (χ0v) is 7.17. The summed E-state index contributed by atoms with van der Waals surface area (Å²) in [5.41, 5.74) is 0. The van der Waals surface area contributed by atoms with Crippen LogP contribution in [0.2, 0.25) is 0 Å². The van der Waals surface area contributed by atoms with Gasteiger partial charge in [0, 0.05) is 12.6 Å². The first kappa shape index (κ1) is 7.64. The van der Waals surface area contributed by atoms with Crippen molar-refractivity contribution in [2.75, 3.05) is 6.54 Å². The van der Waals surface area contributed by atoms with Crippen LogP contribution in [0.5, 0.6) is 0 Å². The fourth-order valence-corrected chi connectivity index (χ4v) is 1.31. The Kier molecular flexibility index (Phi) is 2.36. The Morgan fingerprint density at radius 3 is 2.60 bits per heavy atom. The maximum atomic E-state index is 2.40. The van der Waals surface area contributed by atoms with E-state index in [4.69, 9.17) is 0 Å². The fourth-order valence-electron chi connectivity index (χ4n) is 1.31. The molecule has 1 aliphatic heterocycles. The quantitative estimate of drug-likeness (QED) is 0.538. The smallest absolute Gasteiger partial charge is 0.0227 e. The van der Waals surface area contributed by atoms with Gasteiger partial charge in [-0.1, -0.05) is 13.0 Å². The molecule has 1 unspecified atom stereocenters. The molecule has 0 aromatic carbocycles. The zero-order chi connectivity index (χ0) is 7.56. The van der Waals surface area contributed by atoms with Gasteiger partial charge in [-0.2, -0.15) is 0 Å². The molecule has 58 valence electrons. The Morgan fingerprint density at radius 1 is 1.50 bits per heavy atom. The maximum absolute atomic E-state index is 2.40. The summed E-state index contributed by atoms with van der Waals surface area (Å²) in [6.07, 6.45) is 5.75. The van der Waals surface area contributed by atoms with Crippen LogP contribution in [0.4, 0.5) is 0 Å². The molecule has 0 fully saturated rings. The van der Waals surface area contributed by atoms with Gasteiger partial charge in [-0.15, -0.1) is 0 Å². The Labute approximate surface area is 63.7 Å². The van der Waals surface area contributed by atoms with Crippen molar-refractivity contribution in [3.8, 4) is 0 Å². The van der Waals surface area contributed by atoms with Crippen LogP contribution in [0.3, 0.4) is 0 Å². The van der Waals surface area contributed by atoms with Gasteiger partial charge in [0.25, 0.3) is 0 Å². The van der Waals surface area contributed by atoms with Crippen LogP contribution in [-0.4, -0.2) is 17.5 Å². The van der Waals surface area contributed by atoms with Gasteiger partial charge in [0.15, 0.2) is 0 Å². The number of hydrogen-bond donors (Lipinski definition) is 0. The largest absolute Gasteiger partial charge is 0.375 e. The van der Waals surface area contributed by atoms with Crippen molar-refractivity contribution < 1.29 is 0 Å². The van der Waals surface area contributed by atoms with Gasteiger partial charge < -0.3 is 4.90 Å². The average Bonchev–Trinajstić information content (AvgIpc) is 1.88. The van der Waals surface area contributed by atoms with E-state index in [-0.39, 0.29) is 0 Å². The van der Waals surface area contributed by atoms with Gasteiger partial charge in [-0.3, -0.25) is 0 Å². The molecule has 0 amide bonds. The molecule has 1 heterocycles. The molecule has 0 saturated heterocycles. The summed E-state index contributed by atoms with van der Waals surface area (Å²) < 4.78 is 0. The van der Waals surface area contributed by atoms with E-state index in [1.165, 1.54) is 13.0 Å². The molecule has 1 atom stereocenters. The summed E-state index contributed by atoms with van der Waals surface area (Å²) in [7, 11) is 0. The van der Waals surface area contributed by atoms with E-state index in [2.05, 4.69) is 37.9 Å². The highest BCUT2D eigenvalue weighted by Crippen LogP contribution is 2.14. The highest BCUT2D eigenvalue weighted by atomic mass is 15.1. The summed E-state index contributed by atoms with van der Waals surface area (Å²) in [6, 6.07) is 0.666. The van der Waals surface area contributed by atoms with Crippen LogP contribution in [0, 0.1) is 5.92 Å². The topological polar surface area (TPSA) is 3.24 Å². The van der Waals surface area contributed by atoms with Crippen LogP contribution in [0.1, 0.15) is 27.2 Å². The highest BCUT2D eigenvalue weighted by Gasteiger charge is 2.12. The monoisotopic (exact) mass is 139 g/mol. The van der Waals surface area contributed by atoms with Crippen LogP contribution in [0.15, 0.2) is 12.3 Å². The van der Waals surface area contributed by atoms with Gasteiger partial charge in [0.2, 0.25) is 0 Å². The first-order valence-electron chi connectivity index (χ1n) is 4.12. The molecule has 1 aliphatic rings. The number of rotatable bonds is 1. The van der Waals surface area contributed by atoms with Gasteiger partial charge >= 0.3 is 0 Å². The lowest BCUT2D eigenvalue weighted by molar-refractivity contribution is 0.254. The standard InChI is InChI=1S/C9H17N/c1-8(2)10-6-4-5-9(3)7-10/h4,6,8-9H,5,7H2,1-3H3. The second-order valence-corrected chi connectivity index (χ2v) is 3.52. The Morgan fingerprint density at radius 2 is 2.20 bits per heavy atom. The normalized spacial score (nSPS) is 26.0. The van der Waals surface area contributed by atoms with Crippen molar-refractivity contribution in [1.29, 1.82) is 0 Å². The lowest BCUT2D eigenvalue weighted by Gasteiger charge is -2.30. The summed E-state index contributed by atoms with van der Waals surface area (Å²) in [5.74, 6) is 0.840. The Hall–Kier alpha value is -0.460. The number of allylic oxidation sites excluding steroid dienone is 1. The maximum Gasteiger partial charge on any atom is 0.0227 e. The summed E-state index contributed by atoms with van der Waals surface area (Å²) in [6.45, 7) is 8.01. The molecule has 0 aliphatic carbocycles. The third-order valence-electron chi connectivity index (χ3n) is 2.02. The van der Waals surface area contributed by atoms with Gasteiger partial charge in [-0.25, -0.2) is 0 Å². The van der Waals surface area contributed by atoms with E-state index in [1.54, 1.807) is 0 Å². The minimum absolute atomic E-state index is 0.666. The van der Waals surface area contributed by atoms with Gasteiger partial charge in [-0.05, 0) is 32.4 Å². The Bertz CT molecular complexity index is 127. The predicted molar refractivity (Wildman–Crippen MR) is 44.8 cm³/mol.